The number of nitrogens with zero attached hydrogens (tertiary/aromatic N) is 4. The maximum atomic E-state index is 12.9. The quantitative estimate of drug-likeness (QED) is 0.484. The van der Waals surface area contributed by atoms with Crippen molar-refractivity contribution in [1.82, 2.24) is 14.9 Å². The molecule has 0 saturated heterocycles. The van der Waals surface area contributed by atoms with Crippen molar-refractivity contribution in [3.63, 3.8) is 0 Å². The third kappa shape index (κ3) is 4.69. The minimum absolute atomic E-state index is 0.0225. The summed E-state index contributed by atoms with van der Waals surface area (Å²) >= 11 is 1.48. The molecule has 2 heterocycles. The highest BCUT2D eigenvalue weighted by atomic mass is 32.2. The van der Waals surface area contributed by atoms with Gasteiger partial charge in [0.2, 0.25) is 5.16 Å². The Balaban J connectivity index is 1.60. The summed E-state index contributed by atoms with van der Waals surface area (Å²) in [6.45, 7) is 6.45. The Morgan fingerprint density at radius 1 is 0.968 bits per heavy atom. The highest BCUT2D eigenvalue weighted by Crippen LogP contribution is 2.32. The molecule has 1 aliphatic rings. The van der Waals surface area contributed by atoms with Crippen molar-refractivity contribution in [2.24, 2.45) is 11.0 Å². The third-order valence-electron chi connectivity index (χ3n) is 5.25. The van der Waals surface area contributed by atoms with Crippen molar-refractivity contribution in [1.29, 1.82) is 0 Å². The fourth-order valence-corrected chi connectivity index (χ4v) is 4.41. The summed E-state index contributed by atoms with van der Waals surface area (Å²) in [4.78, 5) is 0. The molecule has 4 rings (SSSR count). The molecule has 1 aliphatic heterocycles. The van der Waals surface area contributed by atoms with Crippen LogP contribution in [0.3, 0.4) is 0 Å². The van der Waals surface area contributed by atoms with Crippen LogP contribution in [0.25, 0.3) is 0 Å². The second kappa shape index (κ2) is 8.49. The molecule has 1 unspecified atom stereocenters. The first-order chi connectivity index (χ1) is 14.7. The zero-order valence-corrected chi connectivity index (χ0v) is 18.3. The molecule has 0 N–H and O–H groups in total. The molecule has 1 atom stereocenters. The van der Waals surface area contributed by atoms with E-state index in [-0.39, 0.29) is 5.92 Å². The lowest BCUT2D eigenvalue weighted by atomic mass is 9.96. The molecule has 0 radical (unpaired) electrons. The predicted molar refractivity (Wildman–Crippen MR) is 117 cm³/mol. The molecule has 162 valence electrons. The summed E-state index contributed by atoms with van der Waals surface area (Å²) in [7, 11) is 0. The van der Waals surface area contributed by atoms with Crippen molar-refractivity contribution >= 4 is 17.5 Å². The van der Waals surface area contributed by atoms with Gasteiger partial charge < -0.3 is 0 Å². The van der Waals surface area contributed by atoms with E-state index in [1.54, 1.807) is 4.68 Å². The molecule has 0 bridgehead atoms. The number of fused-ring (bicyclic) bond motifs is 1. The van der Waals surface area contributed by atoms with Crippen molar-refractivity contribution in [2.45, 2.75) is 44.4 Å². The van der Waals surface area contributed by atoms with Crippen molar-refractivity contribution in [2.75, 3.05) is 5.75 Å². The number of alkyl halides is 3. The van der Waals surface area contributed by atoms with Gasteiger partial charge in [-0.1, -0.05) is 68.9 Å². The van der Waals surface area contributed by atoms with E-state index in [4.69, 9.17) is 0 Å². The summed E-state index contributed by atoms with van der Waals surface area (Å²) in [5, 5.41) is 14.0. The van der Waals surface area contributed by atoms with Gasteiger partial charge >= 0.3 is 6.18 Å². The Morgan fingerprint density at radius 2 is 1.65 bits per heavy atom. The van der Waals surface area contributed by atoms with Crippen LogP contribution in [-0.4, -0.2) is 26.3 Å². The van der Waals surface area contributed by atoms with Crippen LogP contribution in [0.1, 0.15) is 54.8 Å². The molecule has 31 heavy (non-hydrogen) atoms. The minimum Gasteiger partial charge on any atom is -0.191 e. The summed E-state index contributed by atoms with van der Waals surface area (Å²) in [5.74, 6) is 1.82. The zero-order valence-electron chi connectivity index (χ0n) is 17.5. The normalized spacial score (nSPS) is 15.0. The van der Waals surface area contributed by atoms with Gasteiger partial charge in [-0.15, -0.1) is 10.2 Å². The van der Waals surface area contributed by atoms with Gasteiger partial charge in [-0.05, 0) is 41.2 Å². The second-order valence-electron chi connectivity index (χ2n) is 8.12. The van der Waals surface area contributed by atoms with E-state index in [2.05, 4.69) is 60.3 Å². The summed E-state index contributed by atoms with van der Waals surface area (Å²) in [6, 6.07) is 13.6. The fraction of sp³-hybridized carbons (Fsp3) is 0.348. The van der Waals surface area contributed by atoms with Gasteiger partial charge in [0.15, 0.2) is 5.82 Å². The highest BCUT2D eigenvalue weighted by molar-refractivity contribution is 7.99. The Kier molecular flexibility index (Phi) is 5.92. The molecule has 0 fully saturated rings. The van der Waals surface area contributed by atoms with Crippen LogP contribution in [0.2, 0.25) is 0 Å². The van der Waals surface area contributed by atoms with E-state index in [1.165, 1.54) is 29.5 Å². The maximum absolute atomic E-state index is 12.9. The van der Waals surface area contributed by atoms with Gasteiger partial charge in [-0.25, -0.2) is 0 Å². The number of rotatable bonds is 5. The number of hydrogen-bond donors (Lipinski definition) is 0. The predicted octanol–water partition coefficient (Wildman–Crippen LogP) is 6.01. The number of halogens is 3. The lowest BCUT2D eigenvalue weighted by Crippen LogP contribution is -2.16. The van der Waals surface area contributed by atoms with E-state index in [1.807, 2.05) is 0 Å². The molecule has 3 aromatic rings. The standard InChI is InChI=1S/C23H23F3N4S/c1-14(2)12-16-4-6-17(7-5-16)15(3)21-27-28-22-30(21)29-20(13-31-22)18-8-10-19(11-9-18)23(24,25)26/h4-11,14-15H,12-13H2,1-3H3. The van der Waals surface area contributed by atoms with Crippen molar-refractivity contribution in [3.8, 4) is 0 Å². The van der Waals surface area contributed by atoms with Gasteiger partial charge in [0, 0.05) is 11.7 Å². The lowest BCUT2D eigenvalue weighted by molar-refractivity contribution is -0.137. The van der Waals surface area contributed by atoms with Crippen LogP contribution in [0.5, 0.6) is 0 Å². The Bertz CT molecular complexity index is 1080. The molecule has 0 amide bonds. The second-order valence-corrected chi connectivity index (χ2v) is 9.07. The van der Waals surface area contributed by atoms with Crippen molar-refractivity contribution < 1.29 is 13.2 Å². The fourth-order valence-electron chi connectivity index (χ4n) is 3.57. The first kappa shape index (κ1) is 21.6. The van der Waals surface area contributed by atoms with E-state index >= 15 is 0 Å². The average Bonchev–Trinajstić information content (AvgIpc) is 3.16. The van der Waals surface area contributed by atoms with Gasteiger partial charge in [-0.3, -0.25) is 0 Å². The van der Waals surface area contributed by atoms with Crippen molar-refractivity contribution in [3.05, 3.63) is 76.6 Å². The van der Waals surface area contributed by atoms with Gasteiger partial charge in [0.25, 0.3) is 0 Å². The first-order valence-electron chi connectivity index (χ1n) is 10.1. The van der Waals surface area contributed by atoms with E-state index in [0.717, 1.165) is 24.1 Å². The van der Waals surface area contributed by atoms with E-state index in [0.29, 0.717) is 33.9 Å². The molecule has 8 heteroatoms. The summed E-state index contributed by atoms with van der Waals surface area (Å²) in [6.07, 6.45) is -3.32. The number of benzene rings is 2. The molecule has 0 aliphatic carbocycles. The van der Waals surface area contributed by atoms with Gasteiger partial charge in [-0.2, -0.15) is 22.9 Å². The summed E-state index contributed by atoms with van der Waals surface area (Å²) < 4.78 is 40.3. The number of aromatic nitrogens is 3. The molecule has 0 spiro atoms. The molecule has 0 saturated carbocycles. The van der Waals surface area contributed by atoms with E-state index < -0.39 is 11.7 Å². The first-order valence-corrected chi connectivity index (χ1v) is 11.1. The Labute approximate surface area is 183 Å². The molecule has 1 aromatic heterocycles. The van der Waals surface area contributed by atoms with E-state index in [9.17, 15) is 13.2 Å². The molecular weight excluding hydrogens is 421 g/mol. The van der Waals surface area contributed by atoms with Crippen LogP contribution < -0.4 is 0 Å². The van der Waals surface area contributed by atoms with Crippen LogP contribution >= 0.6 is 11.8 Å². The Hall–Kier alpha value is -2.61. The van der Waals surface area contributed by atoms with Gasteiger partial charge in [0.1, 0.15) is 0 Å². The minimum atomic E-state index is -4.35. The van der Waals surface area contributed by atoms with Gasteiger partial charge in [0.05, 0.1) is 11.3 Å². The topological polar surface area (TPSA) is 43.1 Å². The Morgan fingerprint density at radius 3 is 2.26 bits per heavy atom. The largest absolute Gasteiger partial charge is 0.416 e. The molecule has 2 aromatic carbocycles. The zero-order chi connectivity index (χ0) is 22.2. The maximum Gasteiger partial charge on any atom is 0.416 e. The average molecular weight is 445 g/mol. The number of hydrogen-bond acceptors (Lipinski definition) is 4. The molecule has 4 nitrogen and oxygen atoms in total. The number of thioether (sulfide) groups is 1. The monoisotopic (exact) mass is 444 g/mol. The van der Waals surface area contributed by atoms with Crippen LogP contribution in [0.15, 0.2) is 58.8 Å². The third-order valence-corrected chi connectivity index (χ3v) is 6.18. The smallest absolute Gasteiger partial charge is 0.191 e. The van der Waals surface area contributed by atoms with Crippen LogP contribution in [-0.2, 0) is 12.6 Å². The highest BCUT2D eigenvalue weighted by Gasteiger charge is 2.30. The summed E-state index contributed by atoms with van der Waals surface area (Å²) in [5.41, 5.74) is 3.11. The van der Waals surface area contributed by atoms with Crippen LogP contribution in [0.4, 0.5) is 13.2 Å². The molecular formula is C23H23F3N4S. The lowest BCUT2D eigenvalue weighted by Gasteiger charge is -2.17. The van der Waals surface area contributed by atoms with Crippen LogP contribution in [0, 0.1) is 5.92 Å². The SMILES string of the molecule is CC(C)Cc1ccc(C(C)c2nnc3n2N=C(c2ccc(C(F)(F)F)cc2)CS3)cc1.